The zero-order chi connectivity index (χ0) is 13.7. The van der Waals surface area contributed by atoms with Crippen LogP contribution in [0.4, 0.5) is 5.13 Å². The molecular weight excluding hydrogens is 274 g/mol. The molecule has 0 aromatic carbocycles. The van der Waals surface area contributed by atoms with E-state index in [9.17, 15) is 0 Å². The number of rotatable bonds is 6. The molecule has 5 heteroatoms. The van der Waals surface area contributed by atoms with Crippen molar-refractivity contribution in [3.63, 3.8) is 0 Å². The highest BCUT2D eigenvalue weighted by Crippen LogP contribution is 2.28. The summed E-state index contributed by atoms with van der Waals surface area (Å²) in [4.78, 5) is 7.23. The Balaban J connectivity index is 1.85. The summed E-state index contributed by atoms with van der Waals surface area (Å²) in [5, 5.41) is 7.64. The molecule has 1 unspecified atom stereocenters. The van der Waals surface area contributed by atoms with E-state index in [0.29, 0.717) is 5.92 Å². The first-order valence-electron chi connectivity index (χ1n) is 7.20. The lowest BCUT2D eigenvalue weighted by Gasteiger charge is -2.31. The molecule has 2 heterocycles. The third-order valence-electron chi connectivity index (χ3n) is 3.26. The van der Waals surface area contributed by atoms with Crippen LogP contribution in [0.25, 0.3) is 0 Å². The molecule has 19 heavy (non-hydrogen) atoms. The largest absolute Gasteiger partial charge is 0.346 e. The Morgan fingerprint density at radius 2 is 2.37 bits per heavy atom. The topological polar surface area (TPSA) is 28.2 Å². The first kappa shape index (κ1) is 15.1. The summed E-state index contributed by atoms with van der Waals surface area (Å²) in [5.41, 5.74) is 1.19. The molecule has 1 aromatic rings. The van der Waals surface area contributed by atoms with Crippen molar-refractivity contribution in [1.82, 2.24) is 10.3 Å². The predicted molar refractivity (Wildman–Crippen MR) is 87.4 cm³/mol. The number of thioether (sulfide) groups is 1. The zero-order valence-electron chi connectivity index (χ0n) is 12.2. The zero-order valence-corrected chi connectivity index (χ0v) is 13.8. The molecule has 1 N–H and O–H groups in total. The third kappa shape index (κ3) is 4.65. The van der Waals surface area contributed by atoms with Crippen molar-refractivity contribution in [2.24, 2.45) is 5.92 Å². The minimum atomic E-state index is 0.697. The van der Waals surface area contributed by atoms with Crippen LogP contribution in [0.15, 0.2) is 5.38 Å². The Morgan fingerprint density at radius 1 is 1.53 bits per heavy atom. The van der Waals surface area contributed by atoms with Crippen LogP contribution in [0, 0.1) is 5.92 Å². The van der Waals surface area contributed by atoms with Crippen molar-refractivity contribution in [3.05, 3.63) is 11.1 Å². The van der Waals surface area contributed by atoms with E-state index in [0.717, 1.165) is 31.4 Å². The van der Waals surface area contributed by atoms with Gasteiger partial charge in [-0.15, -0.1) is 11.3 Å². The predicted octanol–water partition coefficient (Wildman–Crippen LogP) is 3.22. The van der Waals surface area contributed by atoms with E-state index in [1.165, 1.54) is 23.0 Å². The van der Waals surface area contributed by atoms with Gasteiger partial charge in [0.15, 0.2) is 5.13 Å². The van der Waals surface area contributed by atoms with Gasteiger partial charge in [0.05, 0.1) is 5.69 Å². The molecule has 108 valence electrons. The number of aromatic nitrogens is 1. The summed E-state index contributed by atoms with van der Waals surface area (Å²) < 4.78 is 0. The van der Waals surface area contributed by atoms with E-state index >= 15 is 0 Å². The molecule has 3 nitrogen and oxygen atoms in total. The van der Waals surface area contributed by atoms with Gasteiger partial charge >= 0.3 is 0 Å². The second-order valence-corrected chi connectivity index (χ2v) is 7.74. The second-order valence-electron chi connectivity index (χ2n) is 5.49. The van der Waals surface area contributed by atoms with Crippen molar-refractivity contribution >= 4 is 28.2 Å². The lowest BCUT2D eigenvalue weighted by atomic mass is 10.2. The molecule has 1 saturated heterocycles. The van der Waals surface area contributed by atoms with Crippen LogP contribution in [0.2, 0.25) is 0 Å². The van der Waals surface area contributed by atoms with Gasteiger partial charge in [-0.2, -0.15) is 11.8 Å². The molecule has 1 aliphatic rings. The average molecular weight is 300 g/mol. The Bertz CT molecular complexity index is 379. The van der Waals surface area contributed by atoms with Crippen LogP contribution < -0.4 is 10.2 Å². The number of anilines is 1. The van der Waals surface area contributed by atoms with Gasteiger partial charge in [0.1, 0.15) is 0 Å². The normalized spacial score (nSPS) is 20.2. The molecular formula is C14H25N3S2. The van der Waals surface area contributed by atoms with Gasteiger partial charge in [0, 0.05) is 36.0 Å². The lowest BCUT2D eigenvalue weighted by Crippen LogP contribution is -2.37. The van der Waals surface area contributed by atoms with E-state index < -0.39 is 0 Å². The lowest BCUT2D eigenvalue weighted by molar-refractivity contribution is 0.549. The standard InChI is InChI=1S/C14H25N3S2/c1-4-13-9-17(5-6-18-13)14-16-12(10-19-14)8-15-7-11(2)3/h10-11,13,15H,4-9H2,1-3H3. The molecule has 0 saturated carbocycles. The van der Waals surface area contributed by atoms with Gasteiger partial charge < -0.3 is 10.2 Å². The highest BCUT2D eigenvalue weighted by Gasteiger charge is 2.21. The van der Waals surface area contributed by atoms with Crippen LogP contribution in [0.1, 0.15) is 32.9 Å². The number of nitrogens with one attached hydrogen (secondary N) is 1. The third-order valence-corrected chi connectivity index (χ3v) is 5.59. The number of hydrogen-bond donors (Lipinski definition) is 1. The smallest absolute Gasteiger partial charge is 0.185 e. The van der Waals surface area contributed by atoms with Gasteiger partial charge in [0.2, 0.25) is 0 Å². The SMILES string of the molecule is CCC1CN(c2nc(CNCC(C)C)cs2)CCS1. The summed E-state index contributed by atoms with van der Waals surface area (Å²) in [6, 6.07) is 0. The maximum Gasteiger partial charge on any atom is 0.185 e. The van der Waals surface area contributed by atoms with Gasteiger partial charge in [-0.3, -0.25) is 0 Å². The number of hydrogen-bond acceptors (Lipinski definition) is 5. The van der Waals surface area contributed by atoms with Crippen LogP contribution in [0.3, 0.4) is 0 Å². The molecule has 0 spiro atoms. The first-order chi connectivity index (χ1) is 9.19. The van der Waals surface area contributed by atoms with Gasteiger partial charge in [-0.05, 0) is 18.9 Å². The van der Waals surface area contributed by atoms with Crippen LogP contribution in [-0.2, 0) is 6.54 Å². The van der Waals surface area contributed by atoms with E-state index in [-0.39, 0.29) is 0 Å². The maximum absolute atomic E-state index is 4.77. The summed E-state index contributed by atoms with van der Waals surface area (Å²) in [5.74, 6) is 1.93. The fourth-order valence-corrected chi connectivity index (χ4v) is 4.19. The quantitative estimate of drug-likeness (QED) is 0.873. The van der Waals surface area contributed by atoms with Crippen LogP contribution in [-0.4, -0.2) is 35.6 Å². The van der Waals surface area contributed by atoms with Crippen molar-refractivity contribution in [2.75, 3.05) is 30.3 Å². The Morgan fingerprint density at radius 3 is 3.11 bits per heavy atom. The van der Waals surface area contributed by atoms with Crippen molar-refractivity contribution in [2.45, 2.75) is 39.0 Å². The fourth-order valence-electron chi connectivity index (χ4n) is 2.15. The molecule has 0 amide bonds. The Kier molecular flexibility index (Phi) is 5.98. The Labute approximate surface area is 125 Å². The van der Waals surface area contributed by atoms with Crippen LogP contribution >= 0.6 is 23.1 Å². The highest BCUT2D eigenvalue weighted by molar-refractivity contribution is 8.00. The summed E-state index contributed by atoms with van der Waals surface area (Å²) in [6.07, 6.45) is 1.26. The number of nitrogens with zero attached hydrogens (tertiary/aromatic N) is 2. The molecule has 1 aliphatic heterocycles. The summed E-state index contributed by atoms with van der Waals surface area (Å²) >= 11 is 3.90. The van der Waals surface area contributed by atoms with Gasteiger partial charge in [-0.25, -0.2) is 4.98 Å². The monoisotopic (exact) mass is 299 g/mol. The molecule has 1 atom stereocenters. The van der Waals surface area contributed by atoms with E-state index in [1.807, 2.05) is 0 Å². The number of thiazole rings is 1. The van der Waals surface area contributed by atoms with Gasteiger partial charge in [0.25, 0.3) is 0 Å². The van der Waals surface area contributed by atoms with Crippen LogP contribution in [0.5, 0.6) is 0 Å². The maximum atomic E-state index is 4.77. The summed E-state index contributed by atoms with van der Waals surface area (Å²) in [7, 11) is 0. The average Bonchev–Trinajstić information content (AvgIpc) is 2.87. The highest BCUT2D eigenvalue weighted by atomic mass is 32.2. The van der Waals surface area contributed by atoms with Crippen molar-refractivity contribution in [3.8, 4) is 0 Å². The molecule has 0 bridgehead atoms. The van der Waals surface area contributed by atoms with Crippen molar-refractivity contribution < 1.29 is 0 Å². The molecule has 0 aliphatic carbocycles. The van der Waals surface area contributed by atoms with Gasteiger partial charge in [-0.1, -0.05) is 20.8 Å². The van der Waals surface area contributed by atoms with Crippen molar-refractivity contribution in [1.29, 1.82) is 0 Å². The molecule has 1 aromatic heterocycles. The minimum absolute atomic E-state index is 0.697. The van der Waals surface area contributed by atoms with E-state index in [4.69, 9.17) is 4.98 Å². The molecule has 0 radical (unpaired) electrons. The Hall–Kier alpha value is -0.260. The fraction of sp³-hybridized carbons (Fsp3) is 0.786. The molecule has 1 fully saturated rings. The molecule has 2 rings (SSSR count). The van der Waals surface area contributed by atoms with E-state index in [1.54, 1.807) is 11.3 Å². The first-order valence-corrected chi connectivity index (χ1v) is 9.13. The summed E-state index contributed by atoms with van der Waals surface area (Å²) in [6.45, 7) is 11.0. The minimum Gasteiger partial charge on any atom is -0.346 e. The second kappa shape index (κ2) is 7.50. The van der Waals surface area contributed by atoms with E-state index in [2.05, 4.69) is 48.1 Å².